The Labute approximate surface area is 147 Å². The van der Waals surface area contributed by atoms with Crippen molar-refractivity contribution in [3.63, 3.8) is 0 Å². The number of anilines is 1. The van der Waals surface area contributed by atoms with E-state index in [9.17, 15) is 5.11 Å². The van der Waals surface area contributed by atoms with Gasteiger partial charge in [-0.15, -0.1) is 0 Å². The molecule has 3 rings (SSSR count). The minimum atomic E-state index is -0.441. The van der Waals surface area contributed by atoms with Crippen LogP contribution in [0.5, 0.6) is 11.5 Å². The predicted octanol–water partition coefficient (Wildman–Crippen LogP) is 2.92. The number of nitrogens with one attached hydrogen (secondary N) is 1. The second-order valence-corrected chi connectivity index (χ2v) is 5.83. The number of methoxy groups -OCH3 is 1. The van der Waals surface area contributed by atoms with E-state index in [0.29, 0.717) is 19.7 Å². The van der Waals surface area contributed by atoms with Crippen LogP contribution in [0.1, 0.15) is 6.92 Å². The largest absolute Gasteiger partial charge is 0.497 e. The fraction of sp³-hybridized carbons (Fsp3) is 0.316. The highest BCUT2D eigenvalue weighted by atomic mass is 16.5. The Morgan fingerprint density at radius 1 is 1.12 bits per heavy atom. The molecule has 0 amide bonds. The normalized spacial score (nSPS) is 12.1. The van der Waals surface area contributed by atoms with E-state index in [1.807, 2.05) is 48.5 Å². The number of hydrogen-bond acceptors (Lipinski definition) is 5. The van der Waals surface area contributed by atoms with Crippen molar-refractivity contribution < 1.29 is 14.6 Å². The number of ether oxygens (including phenoxy) is 2. The van der Waals surface area contributed by atoms with E-state index < -0.39 is 6.10 Å². The monoisotopic (exact) mass is 341 g/mol. The lowest BCUT2D eigenvalue weighted by atomic mass is 10.3. The van der Waals surface area contributed by atoms with Crippen molar-refractivity contribution in [2.75, 3.05) is 25.6 Å². The number of nitrogens with zero attached hydrogens (tertiary/aromatic N) is 2. The molecule has 0 fully saturated rings. The van der Waals surface area contributed by atoms with Crippen LogP contribution in [0.15, 0.2) is 48.5 Å². The van der Waals surface area contributed by atoms with E-state index >= 15 is 0 Å². The van der Waals surface area contributed by atoms with E-state index in [2.05, 4.69) is 14.9 Å². The quantitative estimate of drug-likeness (QED) is 0.659. The molecule has 6 heteroatoms. The first-order valence-electron chi connectivity index (χ1n) is 8.31. The Kier molecular flexibility index (Phi) is 5.40. The zero-order chi connectivity index (χ0) is 17.6. The molecule has 25 heavy (non-hydrogen) atoms. The number of rotatable bonds is 8. The van der Waals surface area contributed by atoms with Crippen LogP contribution >= 0.6 is 0 Å². The lowest BCUT2D eigenvalue weighted by molar-refractivity contribution is 0.208. The van der Waals surface area contributed by atoms with Crippen LogP contribution in [0, 0.1) is 0 Å². The van der Waals surface area contributed by atoms with Crippen LogP contribution < -0.4 is 14.8 Å². The molecule has 0 saturated heterocycles. The number of aliphatic hydroxyl groups excluding tert-OH is 1. The number of aromatic nitrogens is 2. The summed E-state index contributed by atoms with van der Waals surface area (Å²) in [4.78, 5) is 4.60. The molecule has 132 valence electrons. The summed E-state index contributed by atoms with van der Waals surface area (Å²) in [5.74, 6) is 2.33. The first-order valence-corrected chi connectivity index (χ1v) is 8.31. The first kappa shape index (κ1) is 17.1. The van der Waals surface area contributed by atoms with Crippen molar-refractivity contribution in [1.29, 1.82) is 0 Å². The Balaban J connectivity index is 1.71. The lowest BCUT2D eigenvalue weighted by Gasteiger charge is -2.13. The maximum Gasteiger partial charge on any atom is 0.204 e. The fourth-order valence-electron chi connectivity index (χ4n) is 2.60. The Morgan fingerprint density at radius 3 is 2.56 bits per heavy atom. The van der Waals surface area contributed by atoms with Gasteiger partial charge in [-0.2, -0.15) is 0 Å². The highest BCUT2D eigenvalue weighted by Crippen LogP contribution is 2.20. The highest BCUT2D eigenvalue weighted by molar-refractivity contribution is 5.78. The van der Waals surface area contributed by atoms with Crippen molar-refractivity contribution in [2.45, 2.75) is 19.6 Å². The molecule has 3 aromatic rings. The Hall–Kier alpha value is -2.73. The number of benzene rings is 2. The molecule has 0 saturated carbocycles. The van der Waals surface area contributed by atoms with Gasteiger partial charge in [0.15, 0.2) is 0 Å². The number of para-hydroxylation sites is 2. The number of hydrogen-bond donors (Lipinski definition) is 2. The van der Waals surface area contributed by atoms with Crippen molar-refractivity contribution in [2.24, 2.45) is 0 Å². The maximum absolute atomic E-state index is 9.51. The summed E-state index contributed by atoms with van der Waals surface area (Å²) in [5.41, 5.74) is 1.95. The highest BCUT2D eigenvalue weighted by Gasteiger charge is 2.10. The van der Waals surface area contributed by atoms with Gasteiger partial charge in [0.05, 0.1) is 30.8 Å². The minimum absolute atomic E-state index is 0.441. The van der Waals surface area contributed by atoms with Crippen molar-refractivity contribution in [1.82, 2.24) is 9.55 Å². The molecule has 0 aliphatic heterocycles. The van der Waals surface area contributed by atoms with Gasteiger partial charge in [0.25, 0.3) is 0 Å². The lowest BCUT2D eigenvalue weighted by Crippen LogP contribution is -2.19. The van der Waals surface area contributed by atoms with Gasteiger partial charge in [0.2, 0.25) is 5.95 Å². The van der Waals surface area contributed by atoms with Gasteiger partial charge in [-0.25, -0.2) is 4.98 Å². The van der Waals surface area contributed by atoms with Crippen molar-refractivity contribution in [3.8, 4) is 11.5 Å². The van der Waals surface area contributed by atoms with Crippen LogP contribution in [0.4, 0.5) is 5.95 Å². The summed E-state index contributed by atoms with van der Waals surface area (Å²) in [6.45, 7) is 3.35. The Morgan fingerprint density at radius 2 is 1.84 bits per heavy atom. The third-order valence-corrected chi connectivity index (χ3v) is 3.85. The zero-order valence-corrected chi connectivity index (χ0v) is 14.5. The van der Waals surface area contributed by atoms with Gasteiger partial charge >= 0.3 is 0 Å². The van der Waals surface area contributed by atoms with Crippen LogP contribution in [-0.4, -0.2) is 41.0 Å². The molecule has 0 spiro atoms. The summed E-state index contributed by atoms with van der Waals surface area (Å²) in [5, 5.41) is 12.7. The van der Waals surface area contributed by atoms with Gasteiger partial charge in [-0.05, 0) is 43.3 Å². The van der Waals surface area contributed by atoms with Crippen LogP contribution in [0.3, 0.4) is 0 Å². The summed E-state index contributed by atoms with van der Waals surface area (Å²) >= 11 is 0. The second-order valence-electron chi connectivity index (χ2n) is 5.83. The summed E-state index contributed by atoms with van der Waals surface area (Å²) in [6.07, 6.45) is -0.441. The first-order chi connectivity index (χ1) is 12.2. The molecular weight excluding hydrogens is 318 g/mol. The van der Waals surface area contributed by atoms with E-state index in [0.717, 1.165) is 28.5 Å². The number of imidazole rings is 1. The molecule has 2 N–H and O–H groups in total. The smallest absolute Gasteiger partial charge is 0.204 e. The SMILES string of the molecule is COc1ccc(OCCn2c(NC[C@@H](C)O)nc3ccccc32)cc1. The molecule has 6 nitrogen and oxygen atoms in total. The maximum atomic E-state index is 9.51. The van der Waals surface area contributed by atoms with Crippen molar-refractivity contribution >= 4 is 17.0 Å². The van der Waals surface area contributed by atoms with Gasteiger partial charge in [0, 0.05) is 6.54 Å². The van der Waals surface area contributed by atoms with E-state index in [4.69, 9.17) is 9.47 Å². The zero-order valence-electron chi connectivity index (χ0n) is 14.5. The Bertz CT molecular complexity index is 812. The molecule has 1 atom stereocenters. The van der Waals surface area contributed by atoms with Crippen LogP contribution in [0.2, 0.25) is 0 Å². The van der Waals surface area contributed by atoms with E-state index in [1.54, 1.807) is 14.0 Å². The average Bonchev–Trinajstić information content (AvgIpc) is 2.98. The average molecular weight is 341 g/mol. The number of aliphatic hydroxyl groups is 1. The van der Waals surface area contributed by atoms with Crippen LogP contribution in [-0.2, 0) is 6.54 Å². The summed E-state index contributed by atoms with van der Waals surface area (Å²) < 4.78 is 13.0. The summed E-state index contributed by atoms with van der Waals surface area (Å²) in [7, 11) is 1.64. The third-order valence-electron chi connectivity index (χ3n) is 3.85. The van der Waals surface area contributed by atoms with Gasteiger partial charge in [-0.3, -0.25) is 0 Å². The van der Waals surface area contributed by atoms with E-state index in [1.165, 1.54) is 0 Å². The van der Waals surface area contributed by atoms with Crippen LogP contribution in [0.25, 0.3) is 11.0 Å². The molecule has 0 aliphatic carbocycles. The standard InChI is InChI=1S/C19H23N3O3/c1-14(23)13-20-19-21-17-5-3-4-6-18(17)22(19)11-12-25-16-9-7-15(24-2)8-10-16/h3-10,14,23H,11-13H2,1-2H3,(H,20,21)/t14-/m1/s1. The third kappa shape index (κ3) is 4.22. The summed E-state index contributed by atoms with van der Waals surface area (Å²) in [6, 6.07) is 15.5. The predicted molar refractivity (Wildman–Crippen MR) is 98.4 cm³/mol. The van der Waals surface area contributed by atoms with Crippen molar-refractivity contribution in [3.05, 3.63) is 48.5 Å². The minimum Gasteiger partial charge on any atom is -0.497 e. The van der Waals surface area contributed by atoms with Gasteiger partial charge in [-0.1, -0.05) is 12.1 Å². The molecule has 1 heterocycles. The molecule has 1 aromatic heterocycles. The molecule has 2 aromatic carbocycles. The molecule has 0 aliphatic rings. The van der Waals surface area contributed by atoms with E-state index in [-0.39, 0.29) is 0 Å². The van der Waals surface area contributed by atoms with Gasteiger partial charge < -0.3 is 24.5 Å². The molecular formula is C19H23N3O3. The topological polar surface area (TPSA) is 68.5 Å². The number of fused-ring (bicyclic) bond motifs is 1. The molecule has 0 unspecified atom stereocenters. The fourth-order valence-corrected chi connectivity index (χ4v) is 2.60. The molecule has 0 radical (unpaired) electrons. The van der Waals surface area contributed by atoms with Gasteiger partial charge in [0.1, 0.15) is 18.1 Å². The second kappa shape index (κ2) is 7.90. The molecule has 0 bridgehead atoms.